The lowest BCUT2D eigenvalue weighted by atomic mass is 10.2. The van der Waals surface area contributed by atoms with E-state index in [1.807, 2.05) is 37.4 Å². The SMILES string of the molecule is Cc1ncc(-c2cc[c]cc2)s1. The number of aromatic nitrogens is 1. The minimum absolute atomic E-state index is 1.11. The summed E-state index contributed by atoms with van der Waals surface area (Å²) in [5.74, 6) is 0. The van der Waals surface area contributed by atoms with Gasteiger partial charge in [-0.1, -0.05) is 24.3 Å². The number of benzene rings is 1. The third kappa shape index (κ3) is 1.38. The molecule has 0 saturated heterocycles. The molecule has 1 nitrogen and oxygen atoms in total. The third-order valence-electron chi connectivity index (χ3n) is 1.62. The number of hydrogen-bond acceptors (Lipinski definition) is 2. The molecule has 2 aromatic rings. The lowest BCUT2D eigenvalue weighted by Crippen LogP contribution is -1.68. The molecule has 0 unspecified atom stereocenters. The summed E-state index contributed by atoms with van der Waals surface area (Å²) in [6.07, 6.45) is 1.91. The second kappa shape index (κ2) is 3.07. The first kappa shape index (κ1) is 7.50. The van der Waals surface area contributed by atoms with Crippen molar-refractivity contribution < 1.29 is 0 Å². The number of hydrogen-bond donors (Lipinski definition) is 0. The van der Waals surface area contributed by atoms with E-state index < -0.39 is 0 Å². The van der Waals surface area contributed by atoms with Crippen molar-refractivity contribution in [2.24, 2.45) is 0 Å². The van der Waals surface area contributed by atoms with E-state index in [0.717, 1.165) is 5.01 Å². The summed E-state index contributed by atoms with van der Waals surface area (Å²) >= 11 is 1.72. The molecule has 0 atom stereocenters. The van der Waals surface area contributed by atoms with E-state index in [4.69, 9.17) is 0 Å². The normalized spacial score (nSPS) is 10.1. The maximum absolute atomic E-state index is 4.20. The summed E-state index contributed by atoms with van der Waals surface area (Å²) in [5, 5.41) is 1.11. The molecule has 2 rings (SSSR count). The van der Waals surface area contributed by atoms with Crippen molar-refractivity contribution in [2.45, 2.75) is 6.92 Å². The van der Waals surface area contributed by atoms with E-state index in [-0.39, 0.29) is 0 Å². The molecule has 0 aliphatic heterocycles. The van der Waals surface area contributed by atoms with Gasteiger partial charge in [0.2, 0.25) is 0 Å². The highest BCUT2D eigenvalue weighted by molar-refractivity contribution is 7.15. The fourth-order valence-corrected chi connectivity index (χ4v) is 1.83. The molecule has 59 valence electrons. The molecule has 0 saturated carbocycles. The van der Waals surface area contributed by atoms with Gasteiger partial charge in [0.25, 0.3) is 0 Å². The third-order valence-corrected chi connectivity index (χ3v) is 2.59. The first-order chi connectivity index (χ1) is 5.86. The molecule has 0 aliphatic carbocycles. The Morgan fingerprint density at radius 2 is 2.08 bits per heavy atom. The molecule has 0 amide bonds. The van der Waals surface area contributed by atoms with Gasteiger partial charge in [-0.05, 0) is 18.6 Å². The van der Waals surface area contributed by atoms with Crippen LogP contribution in [0.2, 0.25) is 0 Å². The Balaban J connectivity index is 2.45. The van der Waals surface area contributed by atoms with E-state index in [2.05, 4.69) is 11.1 Å². The lowest BCUT2D eigenvalue weighted by molar-refractivity contribution is 1.30. The Labute approximate surface area is 75.7 Å². The molecular weight excluding hydrogens is 166 g/mol. The molecule has 1 heterocycles. The van der Waals surface area contributed by atoms with E-state index in [1.54, 1.807) is 11.3 Å². The minimum Gasteiger partial charge on any atom is -0.249 e. The zero-order valence-electron chi connectivity index (χ0n) is 6.74. The summed E-state index contributed by atoms with van der Waals surface area (Å²) in [6, 6.07) is 10.9. The van der Waals surface area contributed by atoms with Crippen LogP contribution in [0, 0.1) is 13.0 Å². The molecule has 0 spiro atoms. The summed E-state index contributed by atoms with van der Waals surface area (Å²) in [7, 11) is 0. The summed E-state index contributed by atoms with van der Waals surface area (Å²) in [4.78, 5) is 5.42. The Hall–Kier alpha value is -1.15. The topological polar surface area (TPSA) is 12.9 Å². The van der Waals surface area contributed by atoms with Crippen LogP contribution in [-0.2, 0) is 0 Å². The van der Waals surface area contributed by atoms with E-state index in [0.29, 0.717) is 0 Å². The first-order valence-electron chi connectivity index (χ1n) is 3.75. The molecule has 1 radical (unpaired) electrons. The van der Waals surface area contributed by atoms with Crippen LogP contribution in [0.1, 0.15) is 5.01 Å². The van der Waals surface area contributed by atoms with Crippen molar-refractivity contribution >= 4 is 11.3 Å². The van der Waals surface area contributed by atoms with Gasteiger partial charge in [0.05, 0.1) is 9.88 Å². The van der Waals surface area contributed by atoms with Gasteiger partial charge in [-0.25, -0.2) is 4.98 Å². The van der Waals surface area contributed by atoms with Crippen molar-refractivity contribution in [2.75, 3.05) is 0 Å². The molecule has 0 fully saturated rings. The average Bonchev–Trinajstić information content (AvgIpc) is 2.54. The van der Waals surface area contributed by atoms with Crippen LogP contribution in [0.15, 0.2) is 30.5 Å². The lowest BCUT2D eigenvalue weighted by Gasteiger charge is -1.92. The Bertz CT molecular complexity index is 364. The van der Waals surface area contributed by atoms with Crippen molar-refractivity contribution in [1.29, 1.82) is 0 Å². The zero-order valence-corrected chi connectivity index (χ0v) is 7.56. The van der Waals surface area contributed by atoms with Gasteiger partial charge >= 0.3 is 0 Å². The molecule has 0 N–H and O–H groups in total. The van der Waals surface area contributed by atoms with Crippen LogP contribution in [0.25, 0.3) is 10.4 Å². The maximum atomic E-state index is 4.20. The molecule has 0 aliphatic rings. The minimum atomic E-state index is 1.11. The van der Waals surface area contributed by atoms with Crippen molar-refractivity contribution in [1.82, 2.24) is 4.98 Å². The molecule has 0 bridgehead atoms. The molecule has 12 heavy (non-hydrogen) atoms. The maximum Gasteiger partial charge on any atom is 0.0900 e. The highest BCUT2D eigenvalue weighted by Crippen LogP contribution is 2.24. The summed E-state index contributed by atoms with van der Waals surface area (Å²) < 4.78 is 0. The Morgan fingerprint density at radius 3 is 2.67 bits per heavy atom. The molecular formula is C10H8NS. The van der Waals surface area contributed by atoms with Crippen LogP contribution in [0.4, 0.5) is 0 Å². The quantitative estimate of drug-likeness (QED) is 0.647. The molecule has 1 aromatic carbocycles. The van der Waals surface area contributed by atoms with Crippen molar-refractivity contribution in [3.63, 3.8) is 0 Å². The van der Waals surface area contributed by atoms with Gasteiger partial charge in [0.15, 0.2) is 0 Å². The second-order valence-corrected chi connectivity index (χ2v) is 3.77. The Kier molecular flexibility index (Phi) is 1.92. The largest absolute Gasteiger partial charge is 0.249 e. The molecule has 1 aromatic heterocycles. The van der Waals surface area contributed by atoms with E-state index >= 15 is 0 Å². The van der Waals surface area contributed by atoms with E-state index in [1.165, 1.54) is 10.4 Å². The monoisotopic (exact) mass is 174 g/mol. The van der Waals surface area contributed by atoms with Crippen LogP contribution >= 0.6 is 11.3 Å². The number of nitrogens with zero attached hydrogens (tertiary/aromatic N) is 1. The van der Waals surface area contributed by atoms with Crippen LogP contribution < -0.4 is 0 Å². The van der Waals surface area contributed by atoms with Crippen LogP contribution in [-0.4, -0.2) is 4.98 Å². The number of thiazole rings is 1. The highest BCUT2D eigenvalue weighted by atomic mass is 32.1. The van der Waals surface area contributed by atoms with E-state index in [9.17, 15) is 0 Å². The molecule has 2 heteroatoms. The number of rotatable bonds is 1. The van der Waals surface area contributed by atoms with Gasteiger partial charge in [0, 0.05) is 6.20 Å². The smallest absolute Gasteiger partial charge is 0.0900 e. The fraction of sp³-hybridized carbons (Fsp3) is 0.100. The Morgan fingerprint density at radius 1 is 1.33 bits per heavy atom. The summed E-state index contributed by atoms with van der Waals surface area (Å²) in [6.45, 7) is 2.02. The van der Waals surface area contributed by atoms with Gasteiger partial charge in [0.1, 0.15) is 0 Å². The fourth-order valence-electron chi connectivity index (χ4n) is 1.05. The van der Waals surface area contributed by atoms with Crippen LogP contribution in [0.3, 0.4) is 0 Å². The zero-order chi connectivity index (χ0) is 8.39. The van der Waals surface area contributed by atoms with Crippen molar-refractivity contribution in [3.8, 4) is 10.4 Å². The standard InChI is InChI=1S/C10H8NS/c1-8-11-7-10(12-8)9-5-3-2-4-6-9/h3-7H,1H3. The second-order valence-electron chi connectivity index (χ2n) is 2.53. The predicted octanol–water partition coefficient (Wildman–Crippen LogP) is 2.92. The average molecular weight is 174 g/mol. The van der Waals surface area contributed by atoms with Gasteiger partial charge in [-0.3, -0.25) is 0 Å². The highest BCUT2D eigenvalue weighted by Gasteiger charge is 1.99. The van der Waals surface area contributed by atoms with Crippen LogP contribution in [0.5, 0.6) is 0 Å². The van der Waals surface area contributed by atoms with Crippen molar-refractivity contribution in [3.05, 3.63) is 41.5 Å². The van der Waals surface area contributed by atoms with Gasteiger partial charge in [-0.15, -0.1) is 11.3 Å². The predicted molar refractivity (Wildman–Crippen MR) is 51.1 cm³/mol. The van der Waals surface area contributed by atoms with Gasteiger partial charge in [-0.2, -0.15) is 0 Å². The van der Waals surface area contributed by atoms with Gasteiger partial charge < -0.3 is 0 Å². The number of aryl methyl sites for hydroxylation is 1. The summed E-state index contributed by atoms with van der Waals surface area (Å²) in [5.41, 5.74) is 1.22. The first-order valence-corrected chi connectivity index (χ1v) is 4.57.